The zero-order valence-electron chi connectivity index (χ0n) is 14.1. The second-order valence-corrected chi connectivity index (χ2v) is 7.26. The van der Waals surface area contributed by atoms with Gasteiger partial charge in [0.1, 0.15) is 0 Å². The van der Waals surface area contributed by atoms with E-state index in [0.717, 1.165) is 25.9 Å². The number of anilines is 1. The van der Waals surface area contributed by atoms with Gasteiger partial charge in [0, 0.05) is 31.4 Å². The van der Waals surface area contributed by atoms with E-state index in [1.165, 1.54) is 11.3 Å². The van der Waals surface area contributed by atoms with Crippen LogP contribution in [0.4, 0.5) is 5.69 Å². The monoisotopic (exact) mass is 290 g/mol. The molecule has 0 radical (unpaired) electrons. The molecule has 3 nitrogen and oxygen atoms in total. The molecule has 2 rings (SSSR count). The lowest BCUT2D eigenvalue weighted by atomic mass is 10.1. The van der Waals surface area contributed by atoms with E-state index in [9.17, 15) is 0 Å². The topological polar surface area (TPSA) is 24.5 Å². The van der Waals surface area contributed by atoms with E-state index in [1.54, 1.807) is 0 Å². The van der Waals surface area contributed by atoms with Crippen LogP contribution in [0.1, 0.15) is 39.2 Å². The fourth-order valence-electron chi connectivity index (χ4n) is 2.88. The Bertz CT molecular complexity index is 453. The number of ether oxygens (including phenoxy) is 1. The van der Waals surface area contributed by atoms with Gasteiger partial charge in [0.15, 0.2) is 0 Å². The van der Waals surface area contributed by atoms with Crippen molar-refractivity contribution < 1.29 is 4.74 Å². The highest BCUT2D eigenvalue weighted by Gasteiger charge is 2.27. The number of para-hydroxylation sites is 1. The number of likely N-dealkylation sites (N-methyl/N-ethyl adjacent to an activating group) is 1. The van der Waals surface area contributed by atoms with Crippen molar-refractivity contribution in [2.45, 2.75) is 58.3 Å². The zero-order chi connectivity index (χ0) is 15.5. The van der Waals surface area contributed by atoms with Crippen LogP contribution in [-0.4, -0.2) is 37.9 Å². The Kier molecular flexibility index (Phi) is 5.28. The van der Waals surface area contributed by atoms with Gasteiger partial charge in [-0.2, -0.15) is 0 Å². The lowest BCUT2D eigenvalue weighted by Gasteiger charge is -2.26. The summed E-state index contributed by atoms with van der Waals surface area (Å²) in [6.45, 7) is 10.7. The Morgan fingerprint density at radius 2 is 1.86 bits per heavy atom. The van der Waals surface area contributed by atoms with Gasteiger partial charge in [0.2, 0.25) is 0 Å². The maximum absolute atomic E-state index is 6.18. The van der Waals surface area contributed by atoms with Crippen LogP contribution in [0.2, 0.25) is 0 Å². The van der Waals surface area contributed by atoms with Gasteiger partial charge in [0.25, 0.3) is 0 Å². The van der Waals surface area contributed by atoms with E-state index in [4.69, 9.17) is 4.74 Å². The Morgan fingerprint density at radius 3 is 2.52 bits per heavy atom. The van der Waals surface area contributed by atoms with Crippen molar-refractivity contribution >= 4 is 5.69 Å². The highest BCUT2D eigenvalue weighted by atomic mass is 16.5. The predicted molar refractivity (Wildman–Crippen MR) is 90.1 cm³/mol. The first-order valence-electron chi connectivity index (χ1n) is 8.02. The maximum Gasteiger partial charge on any atom is 0.0755 e. The molecule has 0 saturated carbocycles. The van der Waals surface area contributed by atoms with E-state index in [2.05, 4.69) is 69.2 Å². The molecular weight excluding hydrogens is 260 g/mol. The van der Waals surface area contributed by atoms with Crippen LogP contribution in [0.3, 0.4) is 0 Å². The molecule has 1 fully saturated rings. The van der Waals surface area contributed by atoms with E-state index in [1.807, 2.05) is 0 Å². The number of hydrogen-bond donors (Lipinski definition) is 1. The quantitative estimate of drug-likeness (QED) is 0.900. The van der Waals surface area contributed by atoms with Crippen molar-refractivity contribution in [3.63, 3.8) is 0 Å². The van der Waals surface area contributed by atoms with Gasteiger partial charge < -0.3 is 15.0 Å². The van der Waals surface area contributed by atoms with Crippen LogP contribution in [0.15, 0.2) is 24.3 Å². The van der Waals surface area contributed by atoms with Crippen molar-refractivity contribution in [3.05, 3.63) is 29.8 Å². The van der Waals surface area contributed by atoms with Crippen LogP contribution < -0.4 is 10.2 Å². The number of nitrogens with one attached hydrogen (secondary N) is 1. The van der Waals surface area contributed by atoms with Crippen LogP contribution in [0.5, 0.6) is 0 Å². The molecule has 0 amide bonds. The first-order chi connectivity index (χ1) is 9.85. The standard InChI is InChI=1S/C18H30N2O/c1-14-8-6-7-9-17(14)20(5)13-16-11-10-15(21-16)12-19-18(2,3)4/h6-9,15-16,19H,10-13H2,1-5H3. The van der Waals surface area contributed by atoms with Crippen LogP contribution in [-0.2, 0) is 4.74 Å². The van der Waals surface area contributed by atoms with Crippen LogP contribution in [0.25, 0.3) is 0 Å². The molecule has 1 aliphatic heterocycles. The Morgan fingerprint density at radius 1 is 1.19 bits per heavy atom. The molecule has 0 spiro atoms. The number of hydrogen-bond acceptors (Lipinski definition) is 3. The minimum absolute atomic E-state index is 0.166. The molecular formula is C18H30N2O. The van der Waals surface area contributed by atoms with Crippen LogP contribution in [0, 0.1) is 6.92 Å². The smallest absolute Gasteiger partial charge is 0.0755 e. The molecule has 1 aliphatic rings. The third kappa shape index (κ3) is 5.01. The van der Waals surface area contributed by atoms with Gasteiger partial charge in [0.05, 0.1) is 12.2 Å². The van der Waals surface area contributed by atoms with Gasteiger partial charge >= 0.3 is 0 Å². The highest BCUT2D eigenvalue weighted by molar-refractivity contribution is 5.52. The molecule has 118 valence electrons. The van der Waals surface area contributed by atoms with E-state index >= 15 is 0 Å². The molecule has 0 aromatic heterocycles. The molecule has 2 atom stereocenters. The number of rotatable bonds is 5. The number of aryl methyl sites for hydroxylation is 1. The fraction of sp³-hybridized carbons (Fsp3) is 0.667. The average molecular weight is 290 g/mol. The highest BCUT2D eigenvalue weighted by Crippen LogP contribution is 2.24. The van der Waals surface area contributed by atoms with Crippen molar-refractivity contribution in [1.29, 1.82) is 0 Å². The summed E-state index contributed by atoms with van der Waals surface area (Å²) in [6, 6.07) is 8.54. The SMILES string of the molecule is Cc1ccccc1N(C)CC1CCC(CNC(C)(C)C)O1. The largest absolute Gasteiger partial charge is 0.372 e. The summed E-state index contributed by atoms with van der Waals surface area (Å²) >= 11 is 0. The molecule has 1 aromatic rings. The normalized spacial score (nSPS) is 22.5. The summed E-state index contributed by atoms with van der Waals surface area (Å²) in [4.78, 5) is 2.32. The summed E-state index contributed by atoms with van der Waals surface area (Å²) in [5.41, 5.74) is 2.79. The van der Waals surface area contributed by atoms with E-state index in [-0.39, 0.29) is 5.54 Å². The lowest BCUT2D eigenvalue weighted by molar-refractivity contribution is 0.0465. The summed E-state index contributed by atoms with van der Waals surface area (Å²) < 4.78 is 6.18. The van der Waals surface area contributed by atoms with Crippen molar-refractivity contribution in [2.75, 3.05) is 25.0 Å². The summed E-state index contributed by atoms with van der Waals surface area (Å²) in [7, 11) is 2.16. The minimum Gasteiger partial charge on any atom is -0.372 e. The van der Waals surface area contributed by atoms with Gasteiger partial charge in [-0.25, -0.2) is 0 Å². The zero-order valence-corrected chi connectivity index (χ0v) is 14.1. The average Bonchev–Trinajstić information content (AvgIpc) is 2.83. The number of benzene rings is 1. The van der Waals surface area contributed by atoms with Crippen molar-refractivity contribution in [2.24, 2.45) is 0 Å². The van der Waals surface area contributed by atoms with Crippen molar-refractivity contribution in [1.82, 2.24) is 5.32 Å². The third-order valence-electron chi connectivity index (χ3n) is 4.06. The Hall–Kier alpha value is -1.06. The van der Waals surface area contributed by atoms with Gasteiger partial charge in [-0.3, -0.25) is 0 Å². The minimum atomic E-state index is 0.166. The van der Waals surface area contributed by atoms with Gasteiger partial charge in [-0.05, 0) is 52.2 Å². The molecule has 1 saturated heterocycles. The van der Waals surface area contributed by atoms with E-state index in [0.29, 0.717) is 12.2 Å². The second kappa shape index (κ2) is 6.80. The maximum atomic E-state index is 6.18. The molecule has 0 bridgehead atoms. The van der Waals surface area contributed by atoms with Crippen molar-refractivity contribution in [3.8, 4) is 0 Å². The molecule has 1 heterocycles. The second-order valence-electron chi connectivity index (χ2n) is 7.26. The van der Waals surface area contributed by atoms with Gasteiger partial charge in [-0.15, -0.1) is 0 Å². The van der Waals surface area contributed by atoms with Gasteiger partial charge in [-0.1, -0.05) is 18.2 Å². The molecule has 3 heteroatoms. The summed E-state index contributed by atoms with van der Waals surface area (Å²) in [5.74, 6) is 0. The molecule has 2 unspecified atom stereocenters. The predicted octanol–water partition coefficient (Wildman–Crippen LogP) is 3.37. The summed E-state index contributed by atoms with van der Waals surface area (Å²) in [6.07, 6.45) is 3.03. The molecule has 1 aromatic carbocycles. The Balaban J connectivity index is 1.81. The number of nitrogens with zero attached hydrogens (tertiary/aromatic N) is 1. The first-order valence-corrected chi connectivity index (χ1v) is 8.02. The molecule has 1 N–H and O–H groups in total. The third-order valence-corrected chi connectivity index (χ3v) is 4.06. The molecule has 21 heavy (non-hydrogen) atoms. The lowest BCUT2D eigenvalue weighted by Crippen LogP contribution is -2.41. The Labute approximate surface area is 129 Å². The first kappa shape index (κ1) is 16.3. The fourth-order valence-corrected chi connectivity index (χ4v) is 2.88. The molecule has 0 aliphatic carbocycles. The van der Waals surface area contributed by atoms with Crippen LogP contribution >= 0.6 is 0 Å². The summed E-state index contributed by atoms with van der Waals surface area (Å²) in [5, 5.41) is 3.54. The van der Waals surface area contributed by atoms with E-state index < -0.39 is 0 Å².